The van der Waals surface area contributed by atoms with Crippen molar-refractivity contribution < 1.29 is 4.39 Å². The van der Waals surface area contributed by atoms with Gasteiger partial charge in [0, 0.05) is 16.5 Å². The summed E-state index contributed by atoms with van der Waals surface area (Å²) in [6.45, 7) is 3.81. The number of thiazole rings is 1. The molecule has 2 aromatic rings. The molecule has 0 unspecified atom stereocenters. The van der Waals surface area contributed by atoms with Gasteiger partial charge in [-0.15, -0.1) is 11.3 Å². The van der Waals surface area contributed by atoms with Crippen LogP contribution in [0.2, 0.25) is 0 Å². The predicted octanol–water partition coefficient (Wildman–Crippen LogP) is 3.28. The van der Waals surface area contributed by atoms with E-state index in [2.05, 4.69) is 4.98 Å². The largest absolute Gasteiger partial charge is 0.323 e. The highest BCUT2D eigenvalue weighted by molar-refractivity contribution is 7.15. The van der Waals surface area contributed by atoms with Gasteiger partial charge in [0.25, 0.3) is 0 Å². The normalized spacial score (nSPS) is 12.8. The second kappa shape index (κ2) is 4.31. The molecule has 0 saturated heterocycles. The molecule has 4 heteroatoms. The Bertz CT molecular complexity index is 505. The third kappa shape index (κ3) is 1.99. The van der Waals surface area contributed by atoms with Gasteiger partial charge < -0.3 is 5.73 Å². The highest BCUT2D eigenvalue weighted by atomic mass is 32.1. The van der Waals surface area contributed by atoms with Crippen molar-refractivity contribution in [2.24, 2.45) is 5.73 Å². The van der Waals surface area contributed by atoms with E-state index >= 15 is 0 Å². The number of aryl methyl sites for hydroxylation is 1. The van der Waals surface area contributed by atoms with Crippen molar-refractivity contribution in [2.75, 3.05) is 0 Å². The molecule has 0 fully saturated rings. The van der Waals surface area contributed by atoms with E-state index in [-0.39, 0.29) is 11.9 Å². The molecule has 2 rings (SSSR count). The van der Waals surface area contributed by atoms with Crippen molar-refractivity contribution in [1.82, 2.24) is 4.98 Å². The van der Waals surface area contributed by atoms with Crippen LogP contribution in [0.25, 0.3) is 10.6 Å². The fraction of sp³-hybridized carbons (Fsp3) is 0.250. The maximum Gasteiger partial charge on any atom is 0.133 e. The van der Waals surface area contributed by atoms with Crippen LogP contribution >= 0.6 is 11.3 Å². The lowest BCUT2D eigenvalue weighted by Crippen LogP contribution is -2.03. The number of rotatable bonds is 2. The second-order valence-electron chi connectivity index (χ2n) is 3.74. The van der Waals surface area contributed by atoms with Gasteiger partial charge in [0.05, 0.1) is 5.69 Å². The van der Waals surface area contributed by atoms with Crippen molar-refractivity contribution in [3.05, 3.63) is 40.7 Å². The van der Waals surface area contributed by atoms with Gasteiger partial charge in [0.1, 0.15) is 10.8 Å². The quantitative estimate of drug-likeness (QED) is 0.869. The Kier molecular flexibility index (Phi) is 3.03. The van der Waals surface area contributed by atoms with Gasteiger partial charge in [-0.2, -0.15) is 0 Å². The Labute approximate surface area is 97.9 Å². The second-order valence-corrected chi connectivity index (χ2v) is 4.77. The number of aromatic nitrogens is 1. The summed E-state index contributed by atoms with van der Waals surface area (Å²) in [6.07, 6.45) is 0. The van der Waals surface area contributed by atoms with Crippen LogP contribution in [0.3, 0.4) is 0 Å². The summed E-state index contributed by atoms with van der Waals surface area (Å²) in [5, 5.41) is 0.697. The molecule has 0 amide bonds. The van der Waals surface area contributed by atoms with Crippen LogP contribution in [0.4, 0.5) is 4.39 Å². The summed E-state index contributed by atoms with van der Waals surface area (Å²) in [5.74, 6) is -0.243. The van der Waals surface area contributed by atoms with E-state index in [0.29, 0.717) is 10.6 Å². The van der Waals surface area contributed by atoms with Crippen LogP contribution in [0.5, 0.6) is 0 Å². The Balaban J connectivity index is 2.50. The van der Waals surface area contributed by atoms with E-state index in [4.69, 9.17) is 5.73 Å². The first-order chi connectivity index (χ1) is 7.59. The fourth-order valence-electron chi connectivity index (χ4n) is 1.58. The van der Waals surface area contributed by atoms with Gasteiger partial charge in [-0.3, -0.25) is 0 Å². The van der Waals surface area contributed by atoms with Crippen LogP contribution in [0.1, 0.15) is 23.5 Å². The third-order valence-electron chi connectivity index (χ3n) is 2.35. The molecule has 1 aromatic carbocycles. The van der Waals surface area contributed by atoms with Crippen molar-refractivity contribution in [1.29, 1.82) is 0 Å². The molecule has 84 valence electrons. The fourth-order valence-corrected chi connectivity index (χ4v) is 2.63. The summed E-state index contributed by atoms with van der Waals surface area (Å²) in [5.41, 5.74) is 7.25. The molecule has 0 radical (unpaired) electrons. The Hall–Kier alpha value is -1.26. The number of hydrogen-bond donors (Lipinski definition) is 1. The van der Waals surface area contributed by atoms with Crippen molar-refractivity contribution in [3.63, 3.8) is 0 Å². The summed E-state index contributed by atoms with van der Waals surface area (Å²) in [4.78, 5) is 5.37. The molecule has 16 heavy (non-hydrogen) atoms. The molecule has 0 aliphatic rings. The molecule has 0 spiro atoms. The summed E-state index contributed by atoms with van der Waals surface area (Å²) in [6, 6.07) is 6.60. The van der Waals surface area contributed by atoms with Gasteiger partial charge in [-0.05, 0) is 26.0 Å². The average Bonchev–Trinajstić information content (AvgIpc) is 2.61. The summed E-state index contributed by atoms with van der Waals surface area (Å²) in [7, 11) is 0. The minimum atomic E-state index is -0.243. The van der Waals surface area contributed by atoms with Crippen LogP contribution in [0.15, 0.2) is 24.3 Å². The molecular weight excluding hydrogens is 223 g/mol. The first-order valence-electron chi connectivity index (χ1n) is 5.07. The number of benzene rings is 1. The van der Waals surface area contributed by atoms with Crippen molar-refractivity contribution >= 4 is 11.3 Å². The molecule has 0 bridgehead atoms. The third-order valence-corrected chi connectivity index (χ3v) is 3.74. The van der Waals surface area contributed by atoms with Crippen molar-refractivity contribution in [2.45, 2.75) is 19.9 Å². The summed E-state index contributed by atoms with van der Waals surface area (Å²) < 4.78 is 13.6. The number of nitrogens with zero attached hydrogens (tertiary/aromatic N) is 1. The van der Waals surface area contributed by atoms with Crippen LogP contribution < -0.4 is 5.73 Å². The zero-order valence-corrected chi connectivity index (χ0v) is 10.0. The molecule has 1 heterocycles. The molecule has 0 aliphatic carbocycles. The van der Waals surface area contributed by atoms with Crippen LogP contribution in [0, 0.1) is 12.7 Å². The minimum absolute atomic E-state index is 0.0574. The van der Waals surface area contributed by atoms with E-state index in [9.17, 15) is 4.39 Å². The van der Waals surface area contributed by atoms with E-state index in [1.165, 1.54) is 17.4 Å². The minimum Gasteiger partial charge on any atom is -0.323 e. The summed E-state index contributed by atoms with van der Waals surface area (Å²) >= 11 is 1.46. The van der Waals surface area contributed by atoms with E-state index in [1.54, 1.807) is 18.2 Å². The van der Waals surface area contributed by atoms with E-state index < -0.39 is 0 Å². The molecule has 1 aromatic heterocycles. The molecular formula is C12H13FN2S. The first-order valence-corrected chi connectivity index (χ1v) is 5.89. The average molecular weight is 236 g/mol. The van der Waals surface area contributed by atoms with Crippen LogP contribution in [-0.4, -0.2) is 4.98 Å². The molecule has 2 N–H and O–H groups in total. The van der Waals surface area contributed by atoms with Crippen molar-refractivity contribution in [3.8, 4) is 10.6 Å². The molecule has 1 atom stereocenters. The lowest BCUT2D eigenvalue weighted by Gasteiger charge is -2.00. The highest BCUT2D eigenvalue weighted by Gasteiger charge is 2.14. The zero-order valence-electron chi connectivity index (χ0n) is 9.20. The zero-order chi connectivity index (χ0) is 11.7. The Morgan fingerprint density at radius 2 is 2.06 bits per heavy atom. The molecule has 0 aliphatic heterocycles. The SMILES string of the molecule is Cc1nc(-c2ccccc2F)sc1[C@H](C)N. The van der Waals surface area contributed by atoms with Gasteiger partial charge in [-0.1, -0.05) is 12.1 Å². The van der Waals surface area contributed by atoms with Crippen LogP contribution in [-0.2, 0) is 0 Å². The maximum atomic E-state index is 13.6. The van der Waals surface area contributed by atoms with Gasteiger partial charge in [0.15, 0.2) is 0 Å². The number of halogens is 1. The topological polar surface area (TPSA) is 38.9 Å². The predicted molar refractivity (Wildman–Crippen MR) is 64.8 cm³/mol. The number of hydrogen-bond acceptors (Lipinski definition) is 3. The smallest absolute Gasteiger partial charge is 0.133 e. The Morgan fingerprint density at radius 3 is 2.62 bits per heavy atom. The lowest BCUT2D eigenvalue weighted by atomic mass is 10.2. The standard InChI is InChI=1S/C12H13FN2S/c1-7(14)11-8(2)15-12(16-11)9-5-3-4-6-10(9)13/h3-7H,14H2,1-2H3/t7-/m0/s1. The van der Waals surface area contributed by atoms with Gasteiger partial charge in [0.2, 0.25) is 0 Å². The Morgan fingerprint density at radius 1 is 1.38 bits per heavy atom. The van der Waals surface area contributed by atoms with Gasteiger partial charge in [-0.25, -0.2) is 9.37 Å². The lowest BCUT2D eigenvalue weighted by molar-refractivity contribution is 0.631. The first kappa shape index (κ1) is 11.2. The molecule has 0 saturated carbocycles. The van der Waals surface area contributed by atoms with E-state index in [0.717, 1.165) is 10.6 Å². The maximum absolute atomic E-state index is 13.6. The highest BCUT2D eigenvalue weighted by Crippen LogP contribution is 2.31. The van der Waals surface area contributed by atoms with E-state index in [1.807, 2.05) is 13.8 Å². The molecule has 2 nitrogen and oxygen atoms in total. The van der Waals surface area contributed by atoms with Gasteiger partial charge >= 0.3 is 0 Å². The number of nitrogens with two attached hydrogens (primary N) is 1. The monoisotopic (exact) mass is 236 g/mol.